The van der Waals surface area contributed by atoms with Crippen LogP contribution in [0.4, 0.5) is 0 Å². The lowest BCUT2D eigenvalue weighted by Gasteiger charge is -2.40. The fourth-order valence-corrected chi connectivity index (χ4v) is 4.30. The van der Waals surface area contributed by atoms with Crippen LogP contribution >= 0.6 is 23.2 Å². The molecule has 0 aliphatic carbocycles. The van der Waals surface area contributed by atoms with E-state index in [2.05, 4.69) is 12.2 Å². The molecule has 0 saturated carbocycles. The van der Waals surface area contributed by atoms with Crippen LogP contribution in [-0.2, 0) is 14.3 Å². The van der Waals surface area contributed by atoms with Crippen LogP contribution < -0.4 is 5.32 Å². The molecule has 1 saturated heterocycles. The van der Waals surface area contributed by atoms with Gasteiger partial charge < -0.3 is 40.3 Å². The van der Waals surface area contributed by atoms with Crippen LogP contribution in [-0.4, -0.2) is 92.3 Å². The van der Waals surface area contributed by atoms with Gasteiger partial charge in [0, 0.05) is 0 Å². The number of carbonyl (C=O) groups excluding carboxylic acids is 1. The fraction of sp³-hybridized carbons (Fsp3) is 0.885. The molecule has 0 unspecified atom stereocenters. The highest BCUT2D eigenvalue weighted by molar-refractivity contribution is 6.53. The van der Waals surface area contributed by atoms with Gasteiger partial charge in [-0.3, -0.25) is 4.79 Å². The lowest BCUT2D eigenvalue weighted by molar-refractivity contribution is -0.302. The topological polar surface area (TPSA) is 149 Å². The van der Waals surface area contributed by atoms with Gasteiger partial charge in [0.2, 0.25) is 0 Å². The third-order valence-electron chi connectivity index (χ3n) is 6.53. The number of ether oxygens (including phenoxy) is 2. The zero-order valence-corrected chi connectivity index (χ0v) is 23.4. The first-order valence-electron chi connectivity index (χ1n) is 13.6. The summed E-state index contributed by atoms with van der Waals surface area (Å²) in [7, 11) is 0. The number of rotatable bonds is 20. The molecule has 0 radical (unpaired) electrons. The quantitative estimate of drug-likeness (QED) is 0.0741. The fourth-order valence-electron chi connectivity index (χ4n) is 4.17. The van der Waals surface area contributed by atoms with E-state index in [1.165, 1.54) is 57.8 Å². The van der Waals surface area contributed by atoms with Crippen LogP contribution in [0.25, 0.3) is 0 Å². The molecule has 0 aromatic carbocycles. The number of hydrogen-bond donors (Lipinski definition) is 6. The molecule has 0 bridgehead atoms. The first-order valence-corrected chi connectivity index (χ1v) is 14.5. The van der Waals surface area contributed by atoms with Crippen LogP contribution in [0.5, 0.6) is 0 Å². The molecule has 1 amide bonds. The van der Waals surface area contributed by atoms with E-state index < -0.39 is 60.2 Å². The average Bonchev–Trinajstić information content (AvgIpc) is 2.88. The van der Waals surface area contributed by atoms with Crippen molar-refractivity contribution in [3.05, 3.63) is 12.2 Å². The van der Waals surface area contributed by atoms with E-state index in [-0.39, 0.29) is 6.61 Å². The van der Waals surface area contributed by atoms with Crippen molar-refractivity contribution in [2.24, 2.45) is 0 Å². The molecule has 7 atom stereocenters. The number of allylic oxidation sites excluding steroid dienone is 1. The molecule has 1 aliphatic heterocycles. The van der Waals surface area contributed by atoms with E-state index in [0.717, 1.165) is 19.3 Å². The van der Waals surface area contributed by atoms with E-state index in [1.54, 1.807) is 6.08 Å². The summed E-state index contributed by atoms with van der Waals surface area (Å²) in [5.74, 6) is -0.733. The van der Waals surface area contributed by atoms with E-state index in [1.807, 2.05) is 6.08 Å². The predicted octanol–water partition coefficient (Wildman–Crippen LogP) is 2.71. The van der Waals surface area contributed by atoms with Gasteiger partial charge in [0.15, 0.2) is 11.1 Å². The second-order valence-electron chi connectivity index (χ2n) is 9.69. The Bertz CT molecular complexity index is 625. The van der Waals surface area contributed by atoms with Crippen molar-refractivity contribution >= 4 is 29.1 Å². The van der Waals surface area contributed by atoms with Crippen LogP contribution in [0, 0.1) is 0 Å². The Morgan fingerprint density at radius 2 is 1.51 bits per heavy atom. The average molecular weight is 573 g/mol. The van der Waals surface area contributed by atoms with Crippen molar-refractivity contribution in [3.8, 4) is 0 Å². The smallest absolute Gasteiger partial charge is 0.253 e. The maximum absolute atomic E-state index is 12.0. The number of aliphatic hydroxyl groups is 5. The van der Waals surface area contributed by atoms with Gasteiger partial charge in [-0.25, -0.2) is 0 Å². The monoisotopic (exact) mass is 571 g/mol. The number of halogens is 2. The summed E-state index contributed by atoms with van der Waals surface area (Å²) in [6.07, 6.45) is 9.48. The Hall–Kier alpha value is -0.490. The molecule has 0 aromatic rings. The SMILES string of the molecule is CCCCCCCCCCCCC/C=C/[C@@H](O)[C@H](CO[C@@H]1O[C@H](CO)[C@@H](O)[C@H](O)[C@H]1O)NC(=O)C(Cl)Cl. The van der Waals surface area contributed by atoms with Crippen molar-refractivity contribution in [2.75, 3.05) is 13.2 Å². The normalized spacial score (nSPS) is 26.0. The molecule has 1 fully saturated rings. The zero-order chi connectivity index (χ0) is 27.6. The van der Waals surface area contributed by atoms with Crippen LogP contribution in [0.15, 0.2) is 12.2 Å². The van der Waals surface area contributed by atoms with E-state index in [0.29, 0.717) is 0 Å². The second kappa shape index (κ2) is 20.4. The van der Waals surface area contributed by atoms with Gasteiger partial charge >= 0.3 is 0 Å². The van der Waals surface area contributed by atoms with E-state index in [9.17, 15) is 30.3 Å². The van der Waals surface area contributed by atoms with Crippen molar-refractivity contribution < 1.29 is 39.8 Å². The van der Waals surface area contributed by atoms with Gasteiger partial charge in [-0.2, -0.15) is 0 Å². The Morgan fingerprint density at radius 3 is 2.05 bits per heavy atom. The second-order valence-corrected chi connectivity index (χ2v) is 10.8. The molecule has 1 heterocycles. The minimum atomic E-state index is -1.60. The van der Waals surface area contributed by atoms with E-state index in [4.69, 9.17) is 32.7 Å². The maximum atomic E-state index is 12.0. The molecular formula is C26H47Cl2NO8. The van der Waals surface area contributed by atoms with Crippen LogP contribution in [0.3, 0.4) is 0 Å². The Morgan fingerprint density at radius 1 is 0.946 bits per heavy atom. The zero-order valence-electron chi connectivity index (χ0n) is 21.9. The van der Waals surface area contributed by atoms with E-state index >= 15 is 0 Å². The molecule has 1 rings (SSSR count). The third-order valence-corrected chi connectivity index (χ3v) is 6.93. The number of nitrogens with one attached hydrogen (secondary N) is 1. The van der Waals surface area contributed by atoms with Crippen LogP contribution in [0.1, 0.15) is 84.0 Å². The van der Waals surface area contributed by atoms with Crippen molar-refractivity contribution in [2.45, 2.75) is 132 Å². The number of hydrogen-bond acceptors (Lipinski definition) is 8. The van der Waals surface area contributed by atoms with Gasteiger partial charge in [0.05, 0.1) is 25.4 Å². The minimum absolute atomic E-state index is 0.321. The van der Waals surface area contributed by atoms with Crippen molar-refractivity contribution in [3.63, 3.8) is 0 Å². The van der Waals surface area contributed by atoms with Gasteiger partial charge in [0.1, 0.15) is 24.4 Å². The van der Waals surface area contributed by atoms with Gasteiger partial charge in [-0.1, -0.05) is 106 Å². The molecule has 218 valence electrons. The molecule has 6 N–H and O–H groups in total. The summed E-state index contributed by atoms with van der Waals surface area (Å²) in [4.78, 5) is 10.6. The molecule has 0 spiro atoms. The van der Waals surface area contributed by atoms with Crippen molar-refractivity contribution in [1.82, 2.24) is 5.32 Å². The number of alkyl halides is 2. The Balaban J connectivity index is 2.43. The first kappa shape index (κ1) is 34.5. The summed E-state index contributed by atoms with van der Waals surface area (Å²) in [5.41, 5.74) is 0. The van der Waals surface area contributed by atoms with Crippen LogP contribution in [0.2, 0.25) is 0 Å². The highest BCUT2D eigenvalue weighted by atomic mass is 35.5. The number of amides is 1. The Kier molecular flexibility index (Phi) is 19.1. The Labute approximate surface area is 231 Å². The highest BCUT2D eigenvalue weighted by Gasteiger charge is 2.44. The summed E-state index contributed by atoms with van der Waals surface area (Å²) < 4.78 is 10.8. The summed E-state index contributed by atoms with van der Waals surface area (Å²) >= 11 is 11.2. The minimum Gasteiger partial charge on any atom is -0.394 e. The molecule has 1 aliphatic rings. The molecule has 0 aromatic heterocycles. The predicted molar refractivity (Wildman–Crippen MR) is 143 cm³/mol. The lowest BCUT2D eigenvalue weighted by Crippen LogP contribution is -2.60. The molecule has 11 heteroatoms. The van der Waals surface area contributed by atoms with Gasteiger partial charge in [-0.05, 0) is 12.8 Å². The van der Waals surface area contributed by atoms with Crippen molar-refractivity contribution in [1.29, 1.82) is 0 Å². The van der Waals surface area contributed by atoms with Gasteiger partial charge in [0.25, 0.3) is 5.91 Å². The third kappa shape index (κ3) is 13.9. The number of unbranched alkanes of at least 4 members (excludes halogenated alkanes) is 11. The number of aliphatic hydroxyl groups excluding tert-OH is 5. The number of carbonyl (C=O) groups is 1. The summed E-state index contributed by atoms with van der Waals surface area (Å²) in [6.45, 7) is 1.31. The summed E-state index contributed by atoms with van der Waals surface area (Å²) in [5, 5.41) is 52.3. The molecule has 9 nitrogen and oxygen atoms in total. The largest absolute Gasteiger partial charge is 0.394 e. The molecular weight excluding hydrogens is 525 g/mol. The summed E-state index contributed by atoms with van der Waals surface area (Å²) in [6, 6.07) is -0.978. The highest BCUT2D eigenvalue weighted by Crippen LogP contribution is 2.22. The molecule has 37 heavy (non-hydrogen) atoms. The maximum Gasteiger partial charge on any atom is 0.253 e. The standard InChI is InChI=1S/C26H47Cl2NO8/c1-2-3-4-5-6-7-8-9-10-11-12-13-14-15-19(31)18(29-25(35)24(27)28)17-36-26-23(34)22(33)21(32)20(16-30)37-26/h14-15,18-24,26,30-34H,2-13,16-17H2,1H3,(H,29,35)/b15-14+/t18-,19+,20+,21+,22-,23+,26+/m0/s1. The lowest BCUT2D eigenvalue weighted by atomic mass is 9.99. The first-order chi connectivity index (χ1) is 17.7. The van der Waals surface area contributed by atoms with Gasteiger partial charge in [-0.15, -0.1) is 0 Å².